The van der Waals surface area contributed by atoms with Gasteiger partial charge >= 0.3 is 0 Å². The van der Waals surface area contributed by atoms with Crippen molar-refractivity contribution in [1.29, 1.82) is 0 Å². The van der Waals surface area contributed by atoms with Crippen molar-refractivity contribution in [3.8, 4) is 5.75 Å². The number of piperazine rings is 1. The van der Waals surface area contributed by atoms with E-state index >= 15 is 0 Å². The maximum atomic E-state index is 12.8. The Labute approximate surface area is 127 Å². The van der Waals surface area contributed by atoms with Crippen molar-refractivity contribution in [3.63, 3.8) is 0 Å². The van der Waals surface area contributed by atoms with Crippen molar-refractivity contribution in [2.24, 2.45) is 0 Å². The van der Waals surface area contributed by atoms with Crippen LogP contribution < -0.4 is 10.1 Å². The lowest BCUT2D eigenvalue weighted by Crippen LogP contribution is -2.56. The maximum absolute atomic E-state index is 12.8. The third-order valence-corrected chi connectivity index (χ3v) is 5.74. The van der Waals surface area contributed by atoms with Crippen LogP contribution in [0.15, 0.2) is 23.1 Å². The lowest BCUT2D eigenvalue weighted by atomic mass is 10.2. The van der Waals surface area contributed by atoms with Crippen molar-refractivity contribution in [3.05, 3.63) is 23.8 Å². The molecule has 1 aromatic rings. The maximum Gasteiger partial charge on any atom is 0.243 e. The summed E-state index contributed by atoms with van der Waals surface area (Å²) in [6.45, 7) is 9.45. The monoisotopic (exact) mass is 312 g/mol. The van der Waals surface area contributed by atoms with Crippen LogP contribution in [0.2, 0.25) is 0 Å². The summed E-state index contributed by atoms with van der Waals surface area (Å²) in [6, 6.07) is 5.19. The molecule has 21 heavy (non-hydrogen) atoms. The minimum Gasteiger partial charge on any atom is -0.494 e. The number of sulfonamides is 1. The van der Waals surface area contributed by atoms with Crippen molar-refractivity contribution in [2.45, 2.75) is 44.7 Å². The van der Waals surface area contributed by atoms with E-state index in [2.05, 4.69) is 5.32 Å². The lowest BCUT2D eigenvalue weighted by molar-refractivity contribution is 0.244. The van der Waals surface area contributed by atoms with Gasteiger partial charge in [0.25, 0.3) is 0 Å². The molecule has 1 aliphatic rings. The highest BCUT2D eigenvalue weighted by atomic mass is 32.2. The second kappa shape index (κ2) is 6.34. The summed E-state index contributed by atoms with van der Waals surface area (Å²) in [5.41, 5.74) is 0.841. The summed E-state index contributed by atoms with van der Waals surface area (Å²) in [6.07, 6.45) is 0. The predicted octanol–water partition coefficient (Wildman–Crippen LogP) is 1.76. The van der Waals surface area contributed by atoms with E-state index < -0.39 is 10.0 Å². The molecule has 2 atom stereocenters. The number of aryl methyl sites for hydroxylation is 1. The fourth-order valence-electron chi connectivity index (χ4n) is 2.56. The van der Waals surface area contributed by atoms with Gasteiger partial charge in [-0.3, -0.25) is 0 Å². The Balaban J connectivity index is 2.32. The summed E-state index contributed by atoms with van der Waals surface area (Å²) in [5.74, 6) is 0.734. The molecule has 0 spiro atoms. The number of ether oxygens (including phenoxy) is 1. The number of benzene rings is 1. The van der Waals surface area contributed by atoms with Gasteiger partial charge in [0.2, 0.25) is 10.0 Å². The molecule has 1 aromatic carbocycles. The Kier molecular flexibility index (Phi) is 4.91. The Hall–Kier alpha value is -1.11. The number of nitrogens with zero attached hydrogens (tertiary/aromatic N) is 1. The van der Waals surface area contributed by atoms with Gasteiger partial charge in [-0.05, 0) is 51.5 Å². The van der Waals surface area contributed by atoms with Crippen LogP contribution in [0.3, 0.4) is 0 Å². The normalized spacial score (nSPS) is 24.0. The van der Waals surface area contributed by atoms with Crippen molar-refractivity contribution < 1.29 is 13.2 Å². The zero-order chi connectivity index (χ0) is 15.6. The second-order valence-electron chi connectivity index (χ2n) is 5.59. The molecule has 6 heteroatoms. The first-order valence-corrected chi connectivity index (χ1v) is 8.79. The van der Waals surface area contributed by atoms with E-state index in [1.54, 1.807) is 22.5 Å². The largest absolute Gasteiger partial charge is 0.494 e. The molecule has 0 aliphatic carbocycles. The van der Waals surface area contributed by atoms with Crippen molar-refractivity contribution in [1.82, 2.24) is 9.62 Å². The van der Waals surface area contributed by atoms with E-state index in [-0.39, 0.29) is 12.1 Å². The first-order valence-electron chi connectivity index (χ1n) is 7.35. The molecular weight excluding hydrogens is 288 g/mol. The SMILES string of the molecule is CCOc1ccc(S(=O)(=O)N2CC(C)NCC2C)cc1C. The smallest absolute Gasteiger partial charge is 0.243 e. The van der Waals surface area contributed by atoms with E-state index in [1.165, 1.54) is 0 Å². The number of hydrogen-bond acceptors (Lipinski definition) is 4. The minimum absolute atomic E-state index is 0.0434. The summed E-state index contributed by atoms with van der Waals surface area (Å²) in [5, 5.41) is 3.30. The lowest BCUT2D eigenvalue weighted by Gasteiger charge is -2.36. The molecule has 1 fully saturated rings. The van der Waals surface area contributed by atoms with Crippen molar-refractivity contribution in [2.75, 3.05) is 19.7 Å². The zero-order valence-corrected chi connectivity index (χ0v) is 13.9. The molecule has 5 nitrogen and oxygen atoms in total. The average Bonchev–Trinajstić information content (AvgIpc) is 2.43. The zero-order valence-electron chi connectivity index (χ0n) is 13.1. The molecule has 0 radical (unpaired) electrons. The summed E-state index contributed by atoms with van der Waals surface area (Å²) in [4.78, 5) is 0.337. The molecule has 0 aromatic heterocycles. The molecule has 1 aliphatic heterocycles. The Morgan fingerprint density at radius 1 is 1.38 bits per heavy atom. The molecule has 1 saturated heterocycles. The first kappa shape index (κ1) is 16.3. The van der Waals surface area contributed by atoms with Gasteiger partial charge in [0.05, 0.1) is 11.5 Å². The highest BCUT2D eigenvalue weighted by molar-refractivity contribution is 7.89. The van der Waals surface area contributed by atoms with Gasteiger partial charge in [0, 0.05) is 25.2 Å². The first-order chi connectivity index (χ1) is 9.86. The van der Waals surface area contributed by atoms with E-state index in [4.69, 9.17) is 4.74 Å². The molecule has 1 N–H and O–H groups in total. The predicted molar refractivity (Wildman–Crippen MR) is 83.2 cm³/mol. The fraction of sp³-hybridized carbons (Fsp3) is 0.600. The third-order valence-electron chi connectivity index (χ3n) is 3.76. The standard InChI is InChI=1S/C15H24N2O3S/c1-5-20-15-7-6-14(8-11(15)2)21(18,19)17-10-12(3)16-9-13(17)4/h6-8,12-13,16H,5,9-10H2,1-4H3. The number of rotatable bonds is 4. The average molecular weight is 312 g/mol. The van der Waals surface area contributed by atoms with Gasteiger partial charge < -0.3 is 10.1 Å². The van der Waals surface area contributed by atoms with Gasteiger partial charge in [-0.15, -0.1) is 0 Å². The second-order valence-corrected chi connectivity index (χ2v) is 7.48. The topological polar surface area (TPSA) is 58.6 Å². The van der Waals surface area contributed by atoms with E-state index in [0.717, 1.165) is 11.3 Å². The molecule has 0 saturated carbocycles. The Bertz CT molecular complexity index is 601. The van der Waals surface area contributed by atoms with Crippen LogP contribution >= 0.6 is 0 Å². The molecule has 1 heterocycles. The Morgan fingerprint density at radius 3 is 2.71 bits per heavy atom. The minimum atomic E-state index is -3.46. The summed E-state index contributed by atoms with van der Waals surface area (Å²) < 4.78 is 32.7. The van der Waals surface area contributed by atoms with Gasteiger partial charge in [-0.1, -0.05) is 0 Å². The van der Waals surface area contributed by atoms with E-state index in [1.807, 2.05) is 27.7 Å². The van der Waals surface area contributed by atoms with Gasteiger partial charge in [-0.25, -0.2) is 8.42 Å². The molecule has 2 rings (SSSR count). The van der Waals surface area contributed by atoms with E-state index in [9.17, 15) is 8.42 Å². The fourth-order valence-corrected chi connectivity index (χ4v) is 4.36. The van der Waals surface area contributed by atoms with Gasteiger partial charge in [0.1, 0.15) is 5.75 Å². The van der Waals surface area contributed by atoms with Crippen LogP contribution in [0.1, 0.15) is 26.3 Å². The Morgan fingerprint density at radius 2 is 2.10 bits per heavy atom. The van der Waals surface area contributed by atoms with Crippen LogP contribution in [-0.4, -0.2) is 44.5 Å². The molecule has 0 amide bonds. The van der Waals surface area contributed by atoms with E-state index in [0.29, 0.717) is 24.6 Å². The molecular formula is C15H24N2O3S. The van der Waals surface area contributed by atoms with Crippen LogP contribution in [0.4, 0.5) is 0 Å². The number of hydrogen-bond donors (Lipinski definition) is 1. The quantitative estimate of drug-likeness (QED) is 0.920. The van der Waals surface area contributed by atoms with Gasteiger partial charge in [0.15, 0.2) is 0 Å². The van der Waals surface area contributed by atoms with Crippen molar-refractivity contribution >= 4 is 10.0 Å². The van der Waals surface area contributed by atoms with Crippen LogP contribution in [0.25, 0.3) is 0 Å². The number of nitrogens with one attached hydrogen (secondary N) is 1. The van der Waals surface area contributed by atoms with Crippen LogP contribution in [0.5, 0.6) is 5.75 Å². The highest BCUT2D eigenvalue weighted by Gasteiger charge is 2.33. The summed E-state index contributed by atoms with van der Waals surface area (Å²) in [7, 11) is -3.46. The van der Waals surface area contributed by atoms with Gasteiger partial charge in [-0.2, -0.15) is 4.31 Å². The summed E-state index contributed by atoms with van der Waals surface area (Å²) >= 11 is 0. The van der Waals surface area contributed by atoms with Crippen LogP contribution in [0, 0.1) is 6.92 Å². The molecule has 0 bridgehead atoms. The third kappa shape index (κ3) is 3.39. The highest BCUT2D eigenvalue weighted by Crippen LogP contribution is 2.26. The molecule has 118 valence electrons. The van der Waals surface area contributed by atoms with Crippen LogP contribution in [-0.2, 0) is 10.0 Å². The molecule has 2 unspecified atom stereocenters.